The number of hydrogen-bond donors (Lipinski definition) is 1. The lowest BCUT2D eigenvalue weighted by Crippen LogP contribution is -2.48. The van der Waals surface area contributed by atoms with Crippen LogP contribution in [0.25, 0.3) is 0 Å². The van der Waals surface area contributed by atoms with Crippen molar-refractivity contribution in [3.63, 3.8) is 0 Å². The zero-order valence-electron chi connectivity index (χ0n) is 12.4. The predicted molar refractivity (Wildman–Crippen MR) is 71.0 cm³/mol. The van der Waals surface area contributed by atoms with Gasteiger partial charge in [0, 0.05) is 13.5 Å². The second kappa shape index (κ2) is 7.64. The molecule has 0 spiro atoms. The van der Waals surface area contributed by atoms with Crippen molar-refractivity contribution in [2.75, 3.05) is 14.2 Å². The van der Waals surface area contributed by atoms with Gasteiger partial charge in [0.05, 0.1) is 7.11 Å². The molecule has 19 heavy (non-hydrogen) atoms. The molecule has 0 aromatic heterocycles. The summed E-state index contributed by atoms with van der Waals surface area (Å²) in [5.74, 6) is 5.04. The Morgan fingerprint density at radius 2 is 1.95 bits per heavy atom. The number of carbonyl (C=O) groups excluding carboxylic acids is 2. The van der Waals surface area contributed by atoms with Crippen LogP contribution in [0.1, 0.15) is 34.1 Å². The Morgan fingerprint density at radius 1 is 1.37 bits per heavy atom. The van der Waals surface area contributed by atoms with Gasteiger partial charge >= 0.3 is 6.09 Å². The van der Waals surface area contributed by atoms with Crippen molar-refractivity contribution in [3.05, 3.63) is 0 Å². The summed E-state index contributed by atoms with van der Waals surface area (Å²) in [6.07, 6.45) is -0.462. The molecule has 0 saturated heterocycles. The Kier molecular flexibility index (Phi) is 6.94. The molecule has 108 valence electrons. The van der Waals surface area contributed by atoms with Crippen LogP contribution in [-0.4, -0.2) is 42.9 Å². The van der Waals surface area contributed by atoms with Gasteiger partial charge in [0.25, 0.3) is 5.91 Å². The first kappa shape index (κ1) is 17.3. The second-order valence-electron chi connectivity index (χ2n) is 4.85. The van der Waals surface area contributed by atoms with E-state index in [2.05, 4.69) is 17.2 Å². The summed E-state index contributed by atoms with van der Waals surface area (Å²) in [6, 6.07) is -0.799. The third kappa shape index (κ3) is 7.32. The van der Waals surface area contributed by atoms with Gasteiger partial charge in [-0.3, -0.25) is 9.63 Å². The molecule has 6 nitrogen and oxygen atoms in total. The standard InChI is InChI=1S/C13H22N2O4/c1-7-8-9-10(11(16)15(5)18-6)14-12(17)19-13(2,3)4/h10H,9H2,1-6H3,(H,14,17)/t10-/m0/s1. The molecule has 0 aliphatic carbocycles. The Labute approximate surface area is 114 Å². The zero-order chi connectivity index (χ0) is 15.1. The number of nitrogens with one attached hydrogen (secondary N) is 1. The maximum absolute atomic E-state index is 11.9. The molecule has 0 aliphatic heterocycles. The van der Waals surface area contributed by atoms with Gasteiger partial charge in [-0.25, -0.2) is 9.86 Å². The molecule has 1 atom stereocenters. The number of hydrogen-bond acceptors (Lipinski definition) is 4. The van der Waals surface area contributed by atoms with E-state index >= 15 is 0 Å². The summed E-state index contributed by atoms with van der Waals surface area (Å²) in [5.41, 5.74) is -0.624. The number of hydroxylamine groups is 2. The van der Waals surface area contributed by atoms with Crippen LogP contribution in [0.3, 0.4) is 0 Å². The van der Waals surface area contributed by atoms with Crippen LogP contribution in [0.15, 0.2) is 0 Å². The van der Waals surface area contributed by atoms with Gasteiger partial charge in [0.1, 0.15) is 11.6 Å². The average molecular weight is 270 g/mol. The molecular weight excluding hydrogens is 248 g/mol. The normalized spacial score (nSPS) is 11.9. The molecule has 6 heteroatoms. The van der Waals surface area contributed by atoms with E-state index in [1.807, 2.05) is 0 Å². The third-order valence-electron chi connectivity index (χ3n) is 2.06. The first-order valence-electron chi connectivity index (χ1n) is 5.92. The first-order valence-corrected chi connectivity index (χ1v) is 5.92. The van der Waals surface area contributed by atoms with Gasteiger partial charge in [0.2, 0.25) is 0 Å². The summed E-state index contributed by atoms with van der Waals surface area (Å²) in [4.78, 5) is 28.4. The van der Waals surface area contributed by atoms with Crippen LogP contribution in [0.5, 0.6) is 0 Å². The Morgan fingerprint density at radius 3 is 2.37 bits per heavy atom. The maximum atomic E-state index is 11.9. The van der Waals surface area contributed by atoms with Crippen molar-refractivity contribution in [1.82, 2.24) is 10.4 Å². The van der Waals surface area contributed by atoms with E-state index in [4.69, 9.17) is 9.57 Å². The Balaban J connectivity index is 4.71. The highest BCUT2D eigenvalue weighted by molar-refractivity contribution is 5.85. The van der Waals surface area contributed by atoms with E-state index < -0.39 is 23.6 Å². The van der Waals surface area contributed by atoms with Crippen molar-refractivity contribution in [3.8, 4) is 11.8 Å². The smallest absolute Gasteiger partial charge is 0.408 e. The molecule has 0 heterocycles. The van der Waals surface area contributed by atoms with Gasteiger partial charge < -0.3 is 10.1 Å². The van der Waals surface area contributed by atoms with Crippen LogP contribution in [0.4, 0.5) is 4.79 Å². The Hall–Kier alpha value is -1.74. The fraction of sp³-hybridized carbons (Fsp3) is 0.692. The topological polar surface area (TPSA) is 67.9 Å². The molecule has 0 radical (unpaired) electrons. The summed E-state index contributed by atoms with van der Waals surface area (Å²) in [7, 11) is 2.83. The Bertz CT molecular complexity index is 376. The van der Waals surface area contributed by atoms with Crippen molar-refractivity contribution >= 4 is 12.0 Å². The number of amides is 2. The minimum Gasteiger partial charge on any atom is -0.444 e. The van der Waals surface area contributed by atoms with Gasteiger partial charge in [0.15, 0.2) is 0 Å². The zero-order valence-corrected chi connectivity index (χ0v) is 12.4. The van der Waals surface area contributed by atoms with Crippen molar-refractivity contribution in [2.45, 2.75) is 45.8 Å². The minimum atomic E-state index is -0.799. The summed E-state index contributed by atoms with van der Waals surface area (Å²) < 4.78 is 5.10. The van der Waals surface area contributed by atoms with Crippen molar-refractivity contribution in [1.29, 1.82) is 0 Å². The lowest BCUT2D eigenvalue weighted by atomic mass is 10.2. The number of alkyl carbamates (subject to hydrolysis) is 1. The molecular formula is C13H22N2O4. The van der Waals surface area contributed by atoms with E-state index in [0.29, 0.717) is 0 Å². The molecule has 0 unspecified atom stereocenters. The number of likely N-dealkylation sites (N-methyl/N-ethyl adjacent to an activating group) is 1. The van der Waals surface area contributed by atoms with E-state index in [1.165, 1.54) is 14.2 Å². The van der Waals surface area contributed by atoms with Crippen LogP contribution in [0.2, 0.25) is 0 Å². The molecule has 0 fully saturated rings. The molecule has 0 aromatic rings. The largest absolute Gasteiger partial charge is 0.444 e. The lowest BCUT2D eigenvalue weighted by molar-refractivity contribution is -0.170. The number of rotatable bonds is 4. The van der Waals surface area contributed by atoms with E-state index in [1.54, 1.807) is 27.7 Å². The minimum absolute atomic E-state index is 0.197. The van der Waals surface area contributed by atoms with Gasteiger partial charge in [-0.2, -0.15) is 0 Å². The van der Waals surface area contributed by atoms with Crippen LogP contribution in [0, 0.1) is 11.8 Å². The highest BCUT2D eigenvalue weighted by atomic mass is 16.7. The lowest BCUT2D eigenvalue weighted by Gasteiger charge is -2.24. The monoisotopic (exact) mass is 270 g/mol. The van der Waals surface area contributed by atoms with E-state index in [-0.39, 0.29) is 6.42 Å². The number of ether oxygens (including phenoxy) is 1. The van der Waals surface area contributed by atoms with Crippen LogP contribution < -0.4 is 5.32 Å². The summed E-state index contributed by atoms with van der Waals surface area (Å²) in [6.45, 7) is 6.90. The summed E-state index contributed by atoms with van der Waals surface area (Å²) >= 11 is 0. The van der Waals surface area contributed by atoms with Crippen LogP contribution in [-0.2, 0) is 14.4 Å². The third-order valence-corrected chi connectivity index (χ3v) is 2.06. The second-order valence-corrected chi connectivity index (χ2v) is 4.85. The van der Waals surface area contributed by atoms with Crippen molar-refractivity contribution in [2.24, 2.45) is 0 Å². The fourth-order valence-electron chi connectivity index (χ4n) is 1.16. The van der Waals surface area contributed by atoms with Gasteiger partial charge in [-0.05, 0) is 27.7 Å². The average Bonchev–Trinajstić information content (AvgIpc) is 2.30. The SMILES string of the molecule is CC#CC[C@H](NC(=O)OC(C)(C)C)C(=O)N(C)OC. The molecule has 0 rings (SSSR count). The van der Waals surface area contributed by atoms with Gasteiger partial charge in [-0.15, -0.1) is 11.8 Å². The number of nitrogens with zero attached hydrogens (tertiary/aromatic N) is 1. The highest BCUT2D eigenvalue weighted by Crippen LogP contribution is 2.07. The first-order chi connectivity index (χ1) is 8.71. The molecule has 0 saturated carbocycles. The molecule has 0 aliphatic rings. The van der Waals surface area contributed by atoms with E-state index in [9.17, 15) is 9.59 Å². The summed E-state index contributed by atoms with van der Waals surface area (Å²) in [5, 5.41) is 3.53. The molecule has 1 N–H and O–H groups in total. The highest BCUT2D eigenvalue weighted by Gasteiger charge is 2.26. The molecule has 0 aromatic carbocycles. The van der Waals surface area contributed by atoms with E-state index in [0.717, 1.165) is 5.06 Å². The molecule has 0 bridgehead atoms. The predicted octanol–water partition coefficient (Wildman–Crippen LogP) is 1.31. The van der Waals surface area contributed by atoms with Crippen LogP contribution >= 0.6 is 0 Å². The van der Waals surface area contributed by atoms with Gasteiger partial charge in [-0.1, -0.05) is 0 Å². The van der Waals surface area contributed by atoms with Crippen molar-refractivity contribution < 1.29 is 19.2 Å². The fourth-order valence-corrected chi connectivity index (χ4v) is 1.16. The molecule has 2 amide bonds. The number of carbonyl (C=O) groups is 2. The maximum Gasteiger partial charge on any atom is 0.408 e. The quantitative estimate of drug-likeness (QED) is 0.618.